The van der Waals surface area contributed by atoms with Crippen LogP contribution in [0.15, 0.2) is 29.4 Å². The fraction of sp³-hybridized carbons (Fsp3) is 0.375. The lowest BCUT2D eigenvalue weighted by Gasteiger charge is -1.88. The highest BCUT2D eigenvalue weighted by Gasteiger charge is 1.80. The topological polar surface area (TPSA) is 38.4 Å². The van der Waals surface area contributed by atoms with E-state index in [0.717, 1.165) is 5.70 Å². The van der Waals surface area contributed by atoms with E-state index in [4.69, 9.17) is 5.73 Å². The molecule has 0 aromatic rings. The third-order valence-electron chi connectivity index (χ3n) is 0.722. The molecule has 2 heteroatoms. The molecule has 0 aromatic carbocycles. The predicted octanol–water partition coefficient (Wildman–Crippen LogP) is 1.74. The number of hydrogen-bond acceptors (Lipinski definition) is 2. The Kier molecular flexibility index (Phi) is 13.0. The second kappa shape index (κ2) is 11.0. The molecular formula is C8H16N2. The lowest BCUT2D eigenvalue weighted by molar-refractivity contribution is 1.11. The lowest BCUT2D eigenvalue weighted by atomic mass is 10.4. The van der Waals surface area contributed by atoms with Crippen LogP contribution in [0.5, 0.6) is 0 Å². The molecule has 58 valence electrons. The van der Waals surface area contributed by atoms with Gasteiger partial charge in [0.05, 0.1) is 5.70 Å². The first kappa shape index (κ1) is 11.9. The minimum absolute atomic E-state index is 0.426. The molecule has 0 heterocycles. The second-order valence-corrected chi connectivity index (χ2v) is 1.26. The zero-order valence-electron chi connectivity index (χ0n) is 6.80. The van der Waals surface area contributed by atoms with Gasteiger partial charge in [0.1, 0.15) is 0 Å². The summed E-state index contributed by atoms with van der Waals surface area (Å²) >= 11 is 0. The van der Waals surface area contributed by atoms with Crippen molar-refractivity contribution in [2.45, 2.75) is 13.8 Å². The van der Waals surface area contributed by atoms with Crippen LogP contribution in [-0.2, 0) is 0 Å². The quantitative estimate of drug-likeness (QED) is 0.470. The van der Waals surface area contributed by atoms with Crippen LogP contribution in [0.25, 0.3) is 0 Å². The summed E-state index contributed by atoms with van der Waals surface area (Å²) in [5.41, 5.74) is 5.98. The van der Waals surface area contributed by atoms with Crippen LogP contribution < -0.4 is 5.73 Å². The molecule has 0 bridgehead atoms. The van der Waals surface area contributed by atoms with E-state index in [9.17, 15) is 0 Å². The van der Waals surface area contributed by atoms with Crippen LogP contribution in [0.4, 0.5) is 0 Å². The largest absolute Gasteiger partial charge is 0.325 e. The summed E-state index contributed by atoms with van der Waals surface area (Å²) in [6.07, 6.45) is 3.36. The molecule has 0 aliphatic rings. The van der Waals surface area contributed by atoms with E-state index in [1.54, 1.807) is 12.2 Å². The van der Waals surface area contributed by atoms with E-state index >= 15 is 0 Å². The Morgan fingerprint density at radius 2 is 2.10 bits per heavy atom. The summed E-state index contributed by atoms with van der Waals surface area (Å²) < 4.78 is 0. The average molecular weight is 140 g/mol. The first-order valence-corrected chi connectivity index (χ1v) is 3.33. The fourth-order valence-electron chi connectivity index (χ4n) is 0.321. The predicted molar refractivity (Wildman–Crippen MR) is 48.2 cm³/mol. The van der Waals surface area contributed by atoms with Crippen LogP contribution in [0.2, 0.25) is 0 Å². The van der Waals surface area contributed by atoms with Gasteiger partial charge >= 0.3 is 0 Å². The molecule has 10 heavy (non-hydrogen) atoms. The normalized spacial score (nSPS) is 9.30. The molecule has 0 amide bonds. The number of allylic oxidation sites excluding steroid dienone is 2. The van der Waals surface area contributed by atoms with Crippen molar-refractivity contribution in [3.8, 4) is 0 Å². The molecule has 0 saturated carbocycles. The van der Waals surface area contributed by atoms with Gasteiger partial charge in [0.15, 0.2) is 0 Å². The molecule has 0 atom stereocenters. The standard InChI is InChI=1S/C6H10N2.C2H6/c1-3-4-6(5-7)8-2;1-2/h3-4H,1-2,5,7H2;1-2H3/b6-4-;. The van der Waals surface area contributed by atoms with Crippen LogP contribution in [0.1, 0.15) is 13.8 Å². The monoisotopic (exact) mass is 140 g/mol. The van der Waals surface area contributed by atoms with Gasteiger partial charge in [0.25, 0.3) is 0 Å². The zero-order chi connectivity index (χ0) is 8.41. The Bertz CT molecular complexity index is 114. The van der Waals surface area contributed by atoms with Crippen molar-refractivity contribution in [3.63, 3.8) is 0 Å². The number of hydrogen-bond donors (Lipinski definition) is 1. The van der Waals surface area contributed by atoms with Gasteiger partial charge < -0.3 is 5.73 Å². The molecule has 2 N–H and O–H groups in total. The molecule has 0 aromatic heterocycles. The lowest BCUT2D eigenvalue weighted by Crippen LogP contribution is -1.99. The Hall–Kier alpha value is -0.890. The highest BCUT2D eigenvalue weighted by Crippen LogP contribution is 1.89. The van der Waals surface area contributed by atoms with Crippen molar-refractivity contribution in [2.24, 2.45) is 10.7 Å². The average Bonchev–Trinajstić information content (AvgIpc) is 2.04. The third kappa shape index (κ3) is 7.11. The number of nitrogens with zero attached hydrogens (tertiary/aromatic N) is 1. The molecule has 0 spiro atoms. The molecular weight excluding hydrogens is 124 g/mol. The van der Waals surface area contributed by atoms with Crippen LogP contribution in [-0.4, -0.2) is 13.3 Å². The van der Waals surface area contributed by atoms with Crippen molar-refractivity contribution >= 4 is 6.72 Å². The van der Waals surface area contributed by atoms with Gasteiger partial charge in [-0.2, -0.15) is 0 Å². The minimum atomic E-state index is 0.426. The van der Waals surface area contributed by atoms with Gasteiger partial charge in [-0.25, -0.2) is 0 Å². The molecule has 0 aliphatic carbocycles. The van der Waals surface area contributed by atoms with Crippen LogP contribution in [0, 0.1) is 0 Å². The zero-order valence-corrected chi connectivity index (χ0v) is 6.80. The van der Waals surface area contributed by atoms with E-state index in [2.05, 4.69) is 18.3 Å². The summed E-state index contributed by atoms with van der Waals surface area (Å²) in [4.78, 5) is 3.61. The van der Waals surface area contributed by atoms with Crippen molar-refractivity contribution in [1.29, 1.82) is 0 Å². The highest BCUT2D eigenvalue weighted by molar-refractivity contribution is 5.30. The minimum Gasteiger partial charge on any atom is -0.325 e. The summed E-state index contributed by atoms with van der Waals surface area (Å²) in [6, 6.07) is 0. The molecule has 0 unspecified atom stereocenters. The maximum Gasteiger partial charge on any atom is 0.0532 e. The van der Waals surface area contributed by atoms with Gasteiger partial charge in [-0.05, 0) is 12.8 Å². The van der Waals surface area contributed by atoms with Gasteiger partial charge in [-0.15, -0.1) is 0 Å². The summed E-state index contributed by atoms with van der Waals surface area (Å²) in [5.74, 6) is 0. The van der Waals surface area contributed by atoms with Gasteiger partial charge in [-0.3, -0.25) is 4.99 Å². The first-order valence-electron chi connectivity index (χ1n) is 3.33. The summed E-state index contributed by atoms with van der Waals surface area (Å²) in [6.45, 7) is 11.2. The summed E-state index contributed by atoms with van der Waals surface area (Å²) in [5, 5.41) is 0. The number of rotatable bonds is 3. The Morgan fingerprint density at radius 1 is 1.60 bits per heavy atom. The Morgan fingerprint density at radius 3 is 2.20 bits per heavy atom. The second-order valence-electron chi connectivity index (χ2n) is 1.26. The van der Waals surface area contributed by atoms with E-state index in [1.807, 2.05) is 13.8 Å². The van der Waals surface area contributed by atoms with Crippen molar-refractivity contribution in [1.82, 2.24) is 0 Å². The molecule has 0 rings (SSSR count). The van der Waals surface area contributed by atoms with Crippen molar-refractivity contribution in [2.75, 3.05) is 6.54 Å². The first-order chi connectivity index (χ1) is 4.85. The maximum atomic E-state index is 5.22. The van der Waals surface area contributed by atoms with Crippen molar-refractivity contribution < 1.29 is 0 Å². The van der Waals surface area contributed by atoms with E-state index in [0.29, 0.717) is 6.54 Å². The van der Waals surface area contributed by atoms with Gasteiger partial charge in [-0.1, -0.05) is 26.5 Å². The highest BCUT2D eigenvalue weighted by atomic mass is 14.7. The van der Waals surface area contributed by atoms with Gasteiger partial charge in [0.2, 0.25) is 0 Å². The van der Waals surface area contributed by atoms with Crippen molar-refractivity contribution in [3.05, 3.63) is 24.4 Å². The SMILES string of the molecule is C=C/C=C(/CN)N=C.CC. The molecule has 2 nitrogen and oxygen atoms in total. The van der Waals surface area contributed by atoms with Gasteiger partial charge in [0, 0.05) is 6.54 Å². The van der Waals surface area contributed by atoms with Crippen LogP contribution in [0.3, 0.4) is 0 Å². The number of aliphatic imine (C=N–C) groups is 1. The third-order valence-corrected chi connectivity index (χ3v) is 0.722. The summed E-state index contributed by atoms with van der Waals surface area (Å²) in [7, 11) is 0. The maximum absolute atomic E-state index is 5.22. The van der Waals surface area contributed by atoms with E-state index < -0.39 is 0 Å². The van der Waals surface area contributed by atoms with Crippen LogP contribution >= 0.6 is 0 Å². The fourth-order valence-corrected chi connectivity index (χ4v) is 0.321. The molecule has 0 saturated heterocycles. The van der Waals surface area contributed by atoms with E-state index in [1.165, 1.54) is 0 Å². The molecule has 0 aliphatic heterocycles. The van der Waals surface area contributed by atoms with E-state index in [-0.39, 0.29) is 0 Å². The molecule has 0 radical (unpaired) electrons. The number of nitrogens with two attached hydrogens (primary N) is 1. The Labute approximate surface area is 63.2 Å². The Balaban J connectivity index is 0. The smallest absolute Gasteiger partial charge is 0.0532 e. The molecule has 0 fully saturated rings.